The minimum absolute atomic E-state index is 0.00164. The zero-order valence-corrected chi connectivity index (χ0v) is 16.6. The molecule has 0 heterocycles. The van der Waals surface area contributed by atoms with Gasteiger partial charge in [0.1, 0.15) is 11.6 Å². The van der Waals surface area contributed by atoms with Crippen molar-refractivity contribution in [1.29, 1.82) is 5.26 Å². The van der Waals surface area contributed by atoms with Crippen LogP contribution in [0.4, 0.5) is 5.69 Å². The number of benzene rings is 2. The molecular weight excluding hydrogens is 354 g/mol. The van der Waals surface area contributed by atoms with Crippen LogP contribution in [0.25, 0.3) is 0 Å². The number of rotatable bonds is 8. The van der Waals surface area contributed by atoms with Crippen LogP contribution in [0.1, 0.15) is 31.0 Å². The van der Waals surface area contributed by atoms with Gasteiger partial charge in [-0.2, -0.15) is 5.26 Å². The number of carbonyl (C=O) groups is 1. The molecule has 28 heavy (non-hydrogen) atoms. The highest BCUT2D eigenvalue weighted by atomic mass is 16.5. The number of hydrogen-bond donors (Lipinski definition) is 2. The third-order valence-corrected chi connectivity index (χ3v) is 4.39. The van der Waals surface area contributed by atoms with Crippen LogP contribution in [0.3, 0.4) is 0 Å². The lowest BCUT2D eigenvalue weighted by molar-refractivity contribution is -0.117. The maximum atomic E-state index is 12.5. The Morgan fingerprint density at radius 1 is 1.18 bits per heavy atom. The number of para-hydroxylation sites is 1. The lowest BCUT2D eigenvalue weighted by Gasteiger charge is -2.16. The summed E-state index contributed by atoms with van der Waals surface area (Å²) in [7, 11) is 3.12. The van der Waals surface area contributed by atoms with E-state index in [4.69, 9.17) is 9.47 Å². The number of nitriles is 1. The average molecular weight is 379 g/mol. The molecule has 2 rings (SSSR count). The molecule has 0 aliphatic heterocycles. The number of aryl methyl sites for hydroxylation is 1. The standard InChI is InChI=1S/C22H25N3O3/c1-5-16-8-6-7-9-19(16)24-14-18(13-23)22(26)25-15(2)17-10-11-20(27-3)21(12-17)28-4/h6-12,14-15,24H,5H2,1-4H3,(H,25,26)/b18-14-. The van der Waals surface area contributed by atoms with Crippen LogP contribution in [0.5, 0.6) is 11.5 Å². The number of methoxy groups -OCH3 is 2. The van der Waals surface area contributed by atoms with Gasteiger partial charge < -0.3 is 20.1 Å². The van der Waals surface area contributed by atoms with Gasteiger partial charge in [-0.15, -0.1) is 0 Å². The summed E-state index contributed by atoms with van der Waals surface area (Å²) in [5.74, 6) is 0.738. The summed E-state index contributed by atoms with van der Waals surface area (Å²) in [6.45, 7) is 3.89. The highest BCUT2D eigenvalue weighted by molar-refractivity contribution is 5.97. The molecule has 0 bridgehead atoms. The van der Waals surface area contributed by atoms with Crippen LogP contribution in [0.2, 0.25) is 0 Å². The first-order valence-electron chi connectivity index (χ1n) is 9.01. The fourth-order valence-corrected chi connectivity index (χ4v) is 2.75. The smallest absolute Gasteiger partial charge is 0.263 e. The highest BCUT2D eigenvalue weighted by Gasteiger charge is 2.15. The second kappa shape index (κ2) is 10.0. The van der Waals surface area contributed by atoms with E-state index in [0.29, 0.717) is 11.5 Å². The molecule has 2 aromatic carbocycles. The summed E-state index contributed by atoms with van der Waals surface area (Å²) in [4.78, 5) is 12.5. The van der Waals surface area contributed by atoms with Gasteiger partial charge in [0.25, 0.3) is 5.91 Å². The van der Waals surface area contributed by atoms with Crippen molar-refractivity contribution in [3.05, 3.63) is 65.4 Å². The first-order valence-corrected chi connectivity index (χ1v) is 9.01. The minimum atomic E-state index is -0.453. The third kappa shape index (κ3) is 5.04. The first-order chi connectivity index (χ1) is 13.5. The fraction of sp³-hybridized carbons (Fsp3) is 0.273. The SMILES string of the molecule is CCc1ccccc1N/C=C(/C#N)C(=O)NC(C)c1ccc(OC)c(OC)c1. The Morgan fingerprint density at radius 3 is 2.54 bits per heavy atom. The molecule has 6 heteroatoms. The predicted octanol–water partition coefficient (Wildman–Crippen LogP) is 3.96. The minimum Gasteiger partial charge on any atom is -0.493 e. The molecule has 1 atom stereocenters. The maximum Gasteiger partial charge on any atom is 0.263 e. The van der Waals surface area contributed by atoms with Gasteiger partial charge in [-0.3, -0.25) is 4.79 Å². The Balaban J connectivity index is 2.12. The Hall–Kier alpha value is -3.46. The van der Waals surface area contributed by atoms with Gasteiger partial charge in [0.05, 0.1) is 20.3 Å². The summed E-state index contributed by atoms with van der Waals surface area (Å²) in [5.41, 5.74) is 2.82. The molecule has 0 aromatic heterocycles. The Morgan fingerprint density at radius 2 is 1.89 bits per heavy atom. The first kappa shape index (κ1) is 20.8. The van der Waals surface area contributed by atoms with Crippen LogP contribution in [0.15, 0.2) is 54.2 Å². The Bertz CT molecular complexity index is 900. The summed E-state index contributed by atoms with van der Waals surface area (Å²) in [6.07, 6.45) is 2.28. The van der Waals surface area contributed by atoms with Crippen molar-refractivity contribution in [1.82, 2.24) is 5.32 Å². The fourth-order valence-electron chi connectivity index (χ4n) is 2.75. The van der Waals surface area contributed by atoms with Gasteiger partial charge >= 0.3 is 0 Å². The van der Waals surface area contributed by atoms with Crippen molar-refractivity contribution in [2.45, 2.75) is 26.3 Å². The van der Waals surface area contributed by atoms with E-state index in [0.717, 1.165) is 23.2 Å². The van der Waals surface area contributed by atoms with Gasteiger partial charge in [0, 0.05) is 11.9 Å². The number of nitrogens with one attached hydrogen (secondary N) is 2. The van der Waals surface area contributed by atoms with Crippen molar-refractivity contribution in [2.24, 2.45) is 0 Å². The van der Waals surface area contributed by atoms with Crippen LogP contribution in [-0.4, -0.2) is 20.1 Å². The summed E-state index contributed by atoms with van der Waals surface area (Å²) in [5, 5.41) is 15.3. The maximum absolute atomic E-state index is 12.5. The highest BCUT2D eigenvalue weighted by Crippen LogP contribution is 2.30. The van der Waals surface area contributed by atoms with E-state index in [-0.39, 0.29) is 11.6 Å². The van der Waals surface area contributed by atoms with Crippen LogP contribution >= 0.6 is 0 Å². The summed E-state index contributed by atoms with van der Waals surface area (Å²) >= 11 is 0. The largest absolute Gasteiger partial charge is 0.493 e. The molecule has 1 amide bonds. The average Bonchev–Trinajstić information content (AvgIpc) is 2.73. The van der Waals surface area contributed by atoms with E-state index in [2.05, 4.69) is 10.6 Å². The number of carbonyl (C=O) groups excluding carboxylic acids is 1. The third-order valence-electron chi connectivity index (χ3n) is 4.39. The normalized spacial score (nSPS) is 11.9. The molecule has 2 aromatic rings. The number of anilines is 1. The van der Waals surface area contributed by atoms with E-state index in [9.17, 15) is 10.1 Å². The van der Waals surface area contributed by atoms with Crippen LogP contribution in [-0.2, 0) is 11.2 Å². The van der Waals surface area contributed by atoms with Gasteiger partial charge in [0.2, 0.25) is 0 Å². The molecule has 0 fully saturated rings. The molecule has 6 nitrogen and oxygen atoms in total. The second-order valence-corrected chi connectivity index (χ2v) is 6.13. The number of ether oxygens (including phenoxy) is 2. The van der Waals surface area contributed by atoms with Crippen LogP contribution < -0.4 is 20.1 Å². The summed E-state index contributed by atoms with van der Waals surface area (Å²) < 4.78 is 10.5. The van der Waals surface area contributed by atoms with E-state index in [1.165, 1.54) is 6.20 Å². The number of hydrogen-bond acceptors (Lipinski definition) is 5. The second-order valence-electron chi connectivity index (χ2n) is 6.13. The van der Waals surface area contributed by atoms with E-state index in [1.807, 2.05) is 50.2 Å². The summed E-state index contributed by atoms with van der Waals surface area (Å²) in [6, 6.07) is 14.8. The van der Waals surface area contributed by atoms with E-state index >= 15 is 0 Å². The van der Waals surface area contributed by atoms with Gasteiger partial charge in [0.15, 0.2) is 11.5 Å². The number of amides is 1. The van der Waals surface area contributed by atoms with Crippen molar-refractivity contribution < 1.29 is 14.3 Å². The zero-order chi connectivity index (χ0) is 20.5. The van der Waals surface area contributed by atoms with Crippen LogP contribution in [0, 0.1) is 11.3 Å². The molecule has 0 aliphatic carbocycles. The van der Waals surface area contributed by atoms with E-state index < -0.39 is 5.91 Å². The van der Waals surface area contributed by atoms with Crippen molar-refractivity contribution in [2.75, 3.05) is 19.5 Å². The lowest BCUT2D eigenvalue weighted by atomic mass is 10.1. The monoisotopic (exact) mass is 379 g/mol. The Kier molecular flexibility index (Phi) is 7.46. The van der Waals surface area contributed by atoms with Gasteiger partial charge in [-0.1, -0.05) is 31.2 Å². The molecule has 1 unspecified atom stereocenters. The van der Waals surface area contributed by atoms with Crippen molar-refractivity contribution in [3.63, 3.8) is 0 Å². The predicted molar refractivity (Wildman–Crippen MR) is 109 cm³/mol. The number of nitrogens with zero attached hydrogens (tertiary/aromatic N) is 1. The molecule has 0 spiro atoms. The van der Waals surface area contributed by atoms with E-state index in [1.54, 1.807) is 26.4 Å². The molecule has 0 radical (unpaired) electrons. The van der Waals surface area contributed by atoms with Crippen molar-refractivity contribution >= 4 is 11.6 Å². The van der Waals surface area contributed by atoms with Crippen molar-refractivity contribution in [3.8, 4) is 17.6 Å². The molecule has 0 saturated heterocycles. The topological polar surface area (TPSA) is 83.4 Å². The van der Waals surface area contributed by atoms with Gasteiger partial charge in [-0.25, -0.2) is 0 Å². The molecule has 0 saturated carbocycles. The molecule has 0 aliphatic rings. The quantitative estimate of drug-likeness (QED) is 0.536. The molecule has 2 N–H and O–H groups in total. The zero-order valence-electron chi connectivity index (χ0n) is 16.6. The Labute approximate surface area is 165 Å². The molecule has 146 valence electrons. The lowest BCUT2D eigenvalue weighted by Crippen LogP contribution is -2.28. The molecular formula is C22H25N3O3. The van der Waals surface area contributed by atoms with Gasteiger partial charge in [-0.05, 0) is 42.7 Å².